The van der Waals surface area contributed by atoms with E-state index < -0.39 is 0 Å². The van der Waals surface area contributed by atoms with Gasteiger partial charge in [0, 0.05) is 6.61 Å². The highest BCUT2D eigenvalue weighted by Gasteiger charge is 2.09. The summed E-state index contributed by atoms with van der Waals surface area (Å²) in [6.07, 6.45) is 8.67. The largest absolute Gasteiger partial charge is 0.379 e. The summed E-state index contributed by atoms with van der Waals surface area (Å²) in [5.41, 5.74) is 0. The number of rotatable bonds is 5. The Morgan fingerprint density at radius 1 is 1.33 bits per heavy atom. The van der Waals surface area contributed by atoms with Crippen molar-refractivity contribution < 1.29 is 9.47 Å². The van der Waals surface area contributed by atoms with Crippen LogP contribution in [0.4, 0.5) is 0 Å². The van der Waals surface area contributed by atoms with Gasteiger partial charge in [0.25, 0.3) is 0 Å². The van der Waals surface area contributed by atoms with Crippen LogP contribution >= 0.6 is 15.9 Å². The third-order valence-electron chi connectivity index (χ3n) is 2.53. The first-order valence-corrected chi connectivity index (χ1v) is 6.67. The van der Waals surface area contributed by atoms with Crippen molar-refractivity contribution >= 4 is 15.9 Å². The van der Waals surface area contributed by atoms with Gasteiger partial charge in [-0.25, -0.2) is 0 Å². The van der Waals surface area contributed by atoms with Crippen LogP contribution in [0.25, 0.3) is 0 Å². The van der Waals surface area contributed by atoms with E-state index in [9.17, 15) is 0 Å². The lowest BCUT2D eigenvalue weighted by molar-refractivity contribution is 0.0225. The molecule has 0 aromatic carbocycles. The highest BCUT2D eigenvalue weighted by molar-refractivity contribution is 9.11. The van der Waals surface area contributed by atoms with Crippen LogP contribution < -0.4 is 0 Å². The molecule has 1 aliphatic carbocycles. The summed E-state index contributed by atoms with van der Waals surface area (Å²) in [5.74, 6) is 0. The molecule has 0 saturated heterocycles. The molecule has 88 valence electrons. The monoisotopic (exact) mass is 276 g/mol. The Balaban J connectivity index is 2.24. The molecule has 0 N–H and O–H groups in total. The Bertz CT molecular complexity index is 192. The summed E-state index contributed by atoms with van der Waals surface area (Å²) < 4.78 is 12.3. The molecular weight excluding hydrogens is 256 g/mol. The van der Waals surface area contributed by atoms with Gasteiger partial charge in [-0.15, -0.1) is 0 Å². The van der Waals surface area contributed by atoms with Crippen LogP contribution in [0.15, 0.2) is 10.6 Å². The van der Waals surface area contributed by atoms with E-state index in [1.807, 2.05) is 6.92 Å². The molecule has 1 atom stereocenters. The van der Waals surface area contributed by atoms with Gasteiger partial charge in [-0.1, -0.05) is 28.8 Å². The maximum atomic E-state index is 5.76. The molecule has 0 aromatic rings. The van der Waals surface area contributed by atoms with Crippen LogP contribution in [0.2, 0.25) is 0 Å². The Kier molecular flexibility index (Phi) is 7.32. The Morgan fingerprint density at radius 2 is 2.20 bits per heavy atom. The smallest absolute Gasteiger partial charge is 0.0767 e. The molecule has 0 radical (unpaired) electrons. The van der Waals surface area contributed by atoms with Gasteiger partial charge in [-0.05, 0) is 36.7 Å². The lowest BCUT2D eigenvalue weighted by Crippen LogP contribution is -2.15. The Hall–Kier alpha value is 0.140. The maximum absolute atomic E-state index is 5.76. The minimum absolute atomic E-state index is 0.278. The van der Waals surface area contributed by atoms with Crippen LogP contribution in [0.5, 0.6) is 0 Å². The highest BCUT2D eigenvalue weighted by Crippen LogP contribution is 2.22. The van der Waals surface area contributed by atoms with Gasteiger partial charge >= 0.3 is 0 Å². The first-order valence-electron chi connectivity index (χ1n) is 5.88. The summed E-state index contributed by atoms with van der Waals surface area (Å²) in [6, 6.07) is 0. The van der Waals surface area contributed by atoms with Crippen molar-refractivity contribution in [2.75, 3.05) is 19.8 Å². The Morgan fingerprint density at radius 3 is 3.00 bits per heavy atom. The second kappa shape index (κ2) is 8.31. The van der Waals surface area contributed by atoms with Crippen molar-refractivity contribution in [2.24, 2.45) is 0 Å². The zero-order chi connectivity index (χ0) is 10.9. The molecule has 1 unspecified atom stereocenters. The van der Waals surface area contributed by atoms with E-state index in [2.05, 4.69) is 22.0 Å². The number of hydrogen-bond donors (Lipinski definition) is 0. The summed E-state index contributed by atoms with van der Waals surface area (Å²) >= 11 is 3.59. The third-order valence-corrected chi connectivity index (χ3v) is 3.20. The van der Waals surface area contributed by atoms with Crippen molar-refractivity contribution in [3.05, 3.63) is 10.6 Å². The summed E-state index contributed by atoms with van der Waals surface area (Å²) in [5, 5.41) is 0. The maximum Gasteiger partial charge on any atom is 0.0767 e. The molecular formula is C12H21BrO2. The van der Waals surface area contributed by atoms with Gasteiger partial charge in [-0.2, -0.15) is 0 Å². The van der Waals surface area contributed by atoms with Crippen LogP contribution in [0.3, 0.4) is 0 Å². The molecule has 0 heterocycles. The Labute approximate surface area is 101 Å². The molecule has 0 spiro atoms. The fourth-order valence-electron chi connectivity index (χ4n) is 1.72. The number of ether oxygens (including phenoxy) is 2. The molecule has 3 heteroatoms. The predicted molar refractivity (Wildman–Crippen MR) is 66.3 cm³/mol. The minimum atomic E-state index is 0.278. The quantitative estimate of drug-likeness (QED) is 0.714. The molecule has 0 bridgehead atoms. The highest BCUT2D eigenvalue weighted by atomic mass is 79.9. The standard InChI is InChI=1S/C12H21BrO2/c1-2-14-8-9-15-12-7-5-3-4-6-11(13)10-12/h10,12H,2-9H2,1H3/b11-10+. The molecule has 0 saturated carbocycles. The first kappa shape index (κ1) is 13.2. The summed E-state index contributed by atoms with van der Waals surface area (Å²) in [4.78, 5) is 0. The van der Waals surface area contributed by atoms with E-state index in [0.717, 1.165) is 19.4 Å². The first-order chi connectivity index (χ1) is 7.33. The van der Waals surface area contributed by atoms with Crippen molar-refractivity contribution in [1.82, 2.24) is 0 Å². The van der Waals surface area contributed by atoms with E-state index in [1.165, 1.54) is 23.7 Å². The van der Waals surface area contributed by atoms with Crippen molar-refractivity contribution in [2.45, 2.75) is 45.1 Å². The average molecular weight is 277 g/mol. The number of allylic oxidation sites excluding steroid dienone is 1. The molecule has 0 aliphatic heterocycles. The van der Waals surface area contributed by atoms with Crippen LogP contribution in [-0.2, 0) is 9.47 Å². The summed E-state index contributed by atoms with van der Waals surface area (Å²) in [6.45, 7) is 4.19. The van der Waals surface area contributed by atoms with E-state index in [4.69, 9.17) is 9.47 Å². The molecule has 0 fully saturated rings. The van der Waals surface area contributed by atoms with Crippen LogP contribution in [0.1, 0.15) is 39.0 Å². The minimum Gasteiger partial charge on any atom is -0.379 e. The molecule has 0 aromatic heterocycles. The van der Waals surface area contributed by atoms with Gasteiger partial charge in [0.1, 0.15) is 0 Å². The lowest BCUT2D eigenvalue weighted by Gasteiger charge is -2.17. The van der Waals surface area contributed by atoms with E-state index in [-0.39, 0.29) is 6.10 Å². The fourth-order valence-corrected chi connectivity index (χ4v) is 2.29. The van der Waals surface area contributed by atoms with E-state index in [1.54, 1.807) is 0 Å². The lowest BCUT2D eigenvalue weighted by atomic mass is 10.0. The van der Waals surface area contributed by atoms with Gasteiger partial charge in [0.15, 0.2) is 0 Å². The molecule has 1 rings (SSSR count). The van der Waals surface area contributed by atoms with Crippen molar-refractivity contribution in [1.29, 1.82) is 0 Å². The predicted octanol–water partition coefficient (Wildman–Crippen LogP) is 3.65. The molecule has 0 amide bonds. The van der Waals surface area contributed by atoms with Gasteiger partial charge < -0.3 is 9.47 Å². The van der Waals surface area contributed by atoms with E-state index >= 15 is 0 Å². The average Bonchev–Trinajstić information content (AvgIpc) is 2.19. The fraction of sp³-hybridized carbons (Fsp3) is 0.833. The molecule has 15 heavy (non-hydrogen) atoms. The van der Waals surface area contributed by atoms with Gasteiger partial charge in [0.2, 0.25) is 0 Å². The number of halogens is 1. The zero-order valence-corrected chi connectivity index (χ0v) is 11.1. The SMILES string of the molecule is CCOCCOC1/C=C(/Br)CCCCC1. The van der Waals surface area contributed by atoms with Crippen molar-refractivity contribution in [3.8, 4) is 0 Å². The van der Waals surface area contributed by atoms with Crippen LogP contribution in [-0.4, -0.2) is 25.9 Å². The third kappa shape index (κ3) is 6.33. The van der Waals surface area contributed by atoms with Crippen LogP contribution in [0, 0.1) is 0 Å². The summed E-state index contributed by atoms with van der Waals surface area (Å²) in [7, 11) is 0. The second-order valence-electron chi connectivity index (χ2n) is 3.82. The second-order valence-corrected chi connectivity index (χ2v) is 4.84. The van der Waals surface area contributed by atoms with E-state index in [0.29, 0.717) is 13.2 Å². The number of hydrogen-bond acceptors (Lipinski definition) is 2. The van der Waals surface area contributed by atoms with Crippen molar-refractivity contribution in [3.63, 3.8) is 0 Å². The zero-order valence-electron chi connectivity index (χ0n) is 9.51. The normalized spacial score (nSPS) is 26.5. The molecule has 1 aliphatic rings. The molecule has 2 nitrogen and oxygen atoms in total. The van der Waals surface area contributed by atoms with Gasteiger partial charge in [0.05, 0.1) is 19.3 Å². The topological polar surface area (TPSA) is 18.5 Å². The van der Waals surface area contributed by atoms with Gasteiger partial charge in [-0.3, -0.25) is 0 Å².